The maximum atomic E-state index is 11.4. The van der Waals surface area contributed by atoms with Crippen LogP contribution in [0, 0.1) is 27.4 Å². The molecule has 2 atom stereocenters. The number of hydrogen-bond acceptors (Lipinski definition) is 4. The molecule has 1 saturated carbocycles. The number of nitrogens with one attached hydrogen (secondary N) is 1. The molecule has 1 fully saturated rings. The maximum absolute atomic E-state index is 11.4. The third-order valence-corrected chi connectivity index (χ3v) is 2.90. The van der Waals surface area contributed by atoms with E-state index in [9.17, 15) is 14.9 Å². The highest BCUT2D eigenvalue weighted by Gasteiger charge is 2.41. The molecular formula is C10H9N3O3. The van der Waals surface area contributed by atoms with E-state index in [0.717, 1.165) is 12.6 Å². The fraction of sp³-hybridized carbons (Fsp3) is 0.400. The number of nitrogens with zero attached hydrogens (tertiary/aromatic N) is 2. The highest BCUT2D eigenvalue weighted by Crippen LogP contribution is 2.50. The molecule has 0 aromatic carbocycles. The van der Waals surface area contributed by atoms with Gasteiger partial charge in [-0.25, -0.2) is 0 Å². The second-order valence-electron chi connectivity index (χ2n) is 3.98. The van der Waals surface area contributed by atoms with Crippen molar-refractivity contribution < 1.29 is 4.92 Å². The second kappa shape index (κ2) is 3.45. The molecule has 1 aliphatic carbocycles. The number of rotatable bonds is 2. The summed E-state index contributed by atoms with van der Waals surface area (Å²) in [6.45, 7) is 1.94. The van der Waals surface area contributed by atoms with Crippen LogP contribution < -0.4 is 5.56 Å². The van der Waals surface area contributed by atoms with Crippen molar-refractivity contribution >= 4 is 5.69 Å². The molecule has 0 radical (unpaired) electrons. The lowest BCUT2D eigenvalue weighted by atomic mass is 10.0. The fourth-order valence-electron chi connectivity index (χ4n) is 1.90. The van der Waals surface area contributed by atoms with Crippen LogP contribution in [0.2, 0.25) is 0 Å². The van der Waals surface area contributed by atoms with E-state index in [1.165, 1.54) is 0 Å². The number of nitro groups is 1. The summed E-state index contributed by atoms with van der Waals surface area (Å²) in [4.78, 5) is 23.9. The number of pyridine rings is 1. The van der Waals surface area contributed by atoms with Gasteiger partial charge in [0.15, 0.2) is 0 Å². The third-order valence-electron chi connectivity index (χ3n) is 2.90. The first kappa shape index (κ1) is 10.4. The number of aromatic nitrogens is 1. The number of aromatic amines is 1. The molecule has 1 aromatic rings. The zero-order valence-corrected chi connectivity index (χ0v) is 8.56. The lowest BCUT2D eigenvalue weighted by molar-refractivity contribution is -0.386. The van der Waals surface area contributed by atoms with Gasteiger partial charge in [-0.05, 0) is 18.3 Å². The normalized spacial score (nSPS) is 22.5. The fourth-order valence-corrected chi connectivity index (χ4v) is 1.90. The summed E-state index contributed by atoms with van der Waals surface area (Å²) in [6.07, 6.45) is 1.86. The van der Waals surface area contributed by atoms with E-state index in [4.69, 9.17) is 5.26 Å². The van der Waals surface area contributed by atoms with Crippen molar-refractivity contribution in [3.05, 3.63) is 37.8 Å². The highest BCUT2D eigenvalue weighted by molar-refractivity contribution is 5.52. The Hall–Kier alpha value is -2.16. The third kappa shape index (κ3) is 1.46. The number of H-pyrrole nitrogens is 1. The second-order valence-corrected chi connectivity index (χ2v) is 3.98. The minimum Gasteiger partial charge on any atom is -0.322 e. The van der Waals surface area contributed by atoms with Crippen molar-refractivity contribution in [1.82, 2.24) is 4.98 Å². The molecule has 6 nitrogen and oxygen atoms in total. The quantitative estimate of drug-likeness (QED) is 0.598. The summed E-state index contributed by atoms with van der Waals surface area (Å²) in [7, 11) is 0. The molecule has 0 saturated heterocycles. The predicted molar refractivity (Wildman–Crippen MR) is 55.0 cm³/mol. The monoisotopic (exact) mass is 219 g/mol. The molecule has 1 aromatic heterocycles. The Morgan fingerprint density at radius 2 is 2.31 bits per heavy atom. The van der Waals surface area contributed by atoms with Crippen molar-refractivity contribution in [3.63, 3.8) is 0 Å². The zero-order valence-electron chi connectivity index (χ0n) is 8.56. The number of nitriles is 1. The molecule has 1 heterocycles. The largest absolute Gasteiger partial charge is 0.322 e. The zero-order chi connectivity index (χ0) is 11.9. The number of hydrogen-bond donors (Lipinski definition) is 1. The summed E-state index contributed by atoms with van der Waals surface area (Å²) in [5, 5.41) is 19.7. The van der Waals surface area contributed by atoms with Gasteiger partial charge in [0.05, 0.1) is 16.7 Å². The average Bonchev–Trinajstić information content (AvgIpc) is 2.94. The first-order chi connectivity index (χ1) is 7.56. The smallest absolute Gasteiger partial charge is 0.290 e. The lowest BCUT2D eigenvalue weighted by Crippen LogP contribution is -2.14. The van der Waals surface area contributed by atoms with Crippen LogP contribution in [0.1, 0.15) is 30.4 Å². The van der Waals surface area contributed by atoms with Crippen LogP contribution >= 0.6 is 0 Å². The van der Waals surface area contributed by atoms with Gasteiger partial charge in [0, 0.05) is 0 Å². The van der Waals surface area contributed by atoms with Gasteiger partial charge in [-0.15, -0.1) is 0 Å². The van der Waals surface area contributed by atoms with Crippen molar-refractivity contribution in [2.75, 3.05) is 0 Å². The standard InChI is InChI=1S/C10H9N3O3/c1-5-2-6(5)9-7(3-11)10(14)12-4-8(9)13(15)16/h4-6H,2H2,1H3,(H,12,14). The van der Waals surface area contributed by atoms with E-state index in [2.05, 4.69) is 4.98 Å². The van der Waals surface area contributed by atoms with Gasteiger partial charge < -0.3 is 4.98 Å². The van der Waals surface area contributed by atoms with Crippen LogP contribution in [0.4, 0.5) is 5.69 Å². The molecular weight excluding hydrogens is 210 g/mol. The Morgan fingerprint density at radius 3 is 2.75 bits per heavy atom. The Kier molecular flexibility index (Phi) is 2.23. The van der Waals surface area contributed by atoms with Gasteiger partial charge in [0.1, 0.15) is 11.6 Å². The molecule has 1 N–H and O–H groups in total. The van der Waals surface area contributed by atoms with Gasteiger partial charge in [0.25, 0.3) is 11.2 Å². The molecule has 16 heavy (non-hydrogen) atoms. The Labute approximate surface area is 90.7 Å². The maximum Gasteiger partial charge on any atom is 0.290 e. The van der Waals surface area contributed by atoms with Crippen molar-refractivity contribution in [2.24, 2.45) is 5.92 Å². The average molecular weight is 219 g/mol. The predicted octanol–water partition coefficient (Wildman–Crippen LogP) is 1.28. The summed E-state index contributed by atoms with van der Waals surface area (Å²) >= 11 is 0. The van der Waals surface area contributed by atoms with Gasteiger partial charge in [-0.3, -0.25) is 14.9 Å². The molecule has 2 rings (SSSR count). The molecule has 0 aliphatic heterocycles. The topological polar surface area (TPSA) is 99.8 Å². The molecule has 0 spiro atoms. The van der Waals surface area contributed by atoms with E-state index in [0.29, 0.717) is 11.5 Å². The van der Waals surface area contributed by atoms with Crippen molar-refractivity contribution in [1.29, 1.82) is 5.26 Å². The molecule has 6 heteroatoms. The van der Waals surface area contributed by atoms with Crippen LogP contribution in [0.15, 0.2) is 11.0 Å². The first-order valence-corrected chi connectivity index (χ1v) is 4.86. The van der Waals surface area contributed by atoms with Gasteiger partial charge in [-0.1, -0.05) is 6.92 Å². The van der Waals surface area contributed by atoms with Crippen LogP contribution in [-0.2, 0) is 0 Å². The van der Waals surface area contributed by atoms with Crippen LogP contribution in [0.5, 0.6) is 0 Å². The Balaban J connectivity index is 2.69. The van der Waals surface area contributed by atoms with Crippen LogP contribution in [0.3, 0.4) is 0 Å². The van der Waals surface area contributed by atoms with Gasteiger partial charge >= 0.3 is 0 Å². The summed E-state index contributed by atoms with van der Waals surface area (Å²) < 4.78 is 0. The van der Waals surface area contributed by atoms with Crippen LogP contribution in [0.25, 0.3) is 0 Å². The van der Waals surface area contributed by atoms with E-state index in [1.807, 2.05) is 6.92 Å². The van der Waals surface area contributed by atoms with Gasteiger partial charge in [-0.2, -0.15) is 5.26 Å². The molecule has 2 unspecified atom stereocenters. The summed E-state index contributed by atoms with van der Waals surface area (Å²) in [5.74, 6) is 0.268. The van der Waals surface area contributed by atoms with E-state index >= 15 is 0 Å². The molecule has 0 bridgehead atoms. The molecule has 1 aliphatic rings. The molecule has 82 valence electrons. The van der Waals surface area contributed by atoms with E-state index in [1.54, 1.807) is 6.07 Å². The van der Waals surface area contributed by atoms with E-state index in [-0.39, 0.29) is 17.2 Å². The SMILES string of the molecule is CC1CC1c1c([N+](=O)[O-])c[nH]c(=O)c1C#N. The summed E-state index contributed by atoms with van der Waals surface area (Å²) in [6, 6.07) is 1.75. The first-order valence-electron chi connectivity index (χ1n) is 4.86. The van der Waals surface area contributed by atoms with Crippen molar-refractivity contribution in [3.8, 4) is 6.07 Å². The minimum atomic E-state index is -0.558. The Bertz CT molecular complexity index is 555. The summed E-state index contributed by atoms with van der Waals surface area (Å²) in [5.41, 5.74) is -0.542. The lowest BCUT2D eigenvalue weighted by Gasteiger charge is -2.02. The van der Waals surface area contributed by atoms with E-state index < -0.39 is 10.5 Å². The highest BCUT2D eigenvalue weighted by atomic mass is 16.6. The minimum absolute atomic E-state index is 0.0302. The van der Waals surface area contributed by atoms with Crippen molar-refractivity contribution in [2.45, 2.75) is 19.3 Å². The van der Waals surface area contributed by atoms with Gasteiger partial charge in [0.2, 0.25) is 0 Å². The van der Waals surface area contributed by atoms with Crippen LogP contribution in [-0.4, -0.2) is 9.91 Å². The Morgan fingerprint density at radius 1 is 1.69 bits per heavy atom. The molecule has 0 amide bonds.